The zero-order chi connectivity index (χ0) is 7.84. The van der Waals surface area contributed by atoms with Crippen LogP contribution in [0.1, 0.15) is 6.92 Å². The van der Waals surface area contributed by atoms with E-state index in [4.69, 9.17) is 0 Å². The summed E-state index contributed by atoms with van der Waals surface area (Å²) in [5.41, 5.74) is 0. The minimum atomic E-state index is -0.0833. The molecule has 0 N–H and O–H groups in total. The molecule has 2 rings (SSSR count). The first kappa shape index (κ1) is 6.84. The maximum absolute atomic E-state index is 4.21. The maximum Gasteiger partial charge on any atom is 0.163 e. The Hall–Kier alpha value is -0.840. The Morgan fingerprint density at radius 1 is 1.55 bits per heavy atom. The molecule has 0 saturated carbocycles. The summed E-state index contributed by atoms with van der Waals surface area (Å²) in [5, 5.41) is 0. The first-order valence-electron chi connectivity index (χ1n) is 3.16. The number of fused-ring (bicyclic) bond motifs is 1. The molecule has 2 heterocycles. The van der Waals surface area contributed by atoms with Crippen molar-refractivity contribution in [2.75, 3.05) is 0 Å². The molecule has 4 nitrogen and oxygen atoms in total. The summed E-state index contributed by atoms with van der Waals surface area (Å²) < 4.78 is 0.781. The number of aliphatic imine (C=N–C) groups is 4. The van der Waals surface area contributed by atoms with Crippen LogP contribution in [0.5, 0.6) is 0 Å². The first-order chi connectivity index (χ1) is 5.27. The molecule has 11 heavy (non-hydrogen) atoms. The smallest absolute Gasteiger partial charge is 0.163 e. The summed E-state index contributed by atoms with van der Waals surface area (Å²) in [6, 6.07) is -0.0833. The summed E-state index contributed by atoms with van der Waals surface area (Å²) in [6.07, 6.45) is 1.48. The lowest BCUT2D eigenvalue weighted by molar-refractivity contribution is 1.16. The van der Waals surface area contributed by atoms with Gasteiger partial charge in [-0.1, -0.05) is 0 Å². The van der Waals surface area contributed by atoms with Gasteiger partial charge < -0.3 is 0 Å². The highest BCUT2D eigenvalue weighted by Crippen LogP contribution is 2.14. The summed E-state index contributed by atoms with van der Waals surface area (Å²) in [5.74, 6) is 1.49. The van der Waals surface area contributed by atoms with Gasteiger partial charge >= 0.3 is 0 Å². The van der Waals surface area contributed by atoms with Crippen LogP contribution >= 0.6 is 15.9 Å². The fourth-order valence-electron chi connectivity index (χ4n) is 0.973. The second kappa shape index (κ2) is 2.34. The monoisotopic (exact) mass is 212 g/mol. The van der Waals surface area contributed by atoms with Crippen LogP contribution in [0.25, 0.3) is 0 Å². The third-order valence-corrected chi connectivity index (χ3v) is 2.07. The fraction of sp³-hybridized carbons (Fsp3) is 0.333. The molecule has 0 aromatic rings. The van der Waals surface area contributed by atoms with E-state index in [0.717, 1.165) is 16.3 Å². The zero-order valence-corrected chi connectivity index (χ0v) is 7.41. The summed E-state index contributed by atoms with van der Waals surface area (Å²) in [4.78, 5) is 16.3. The van der Waals surface area contributed by atoms with Gasteiger partial charge in [-0.15, -0.1) is 0 Å². The normalized spacial score (nSPS) is 27.5. The fourth-order valence-corrected chi connectivity index (χ4v) is 1.37. The third-order valence-electron chi connectivity index (χ3n) is 1.43. The number of hydrogen-bond acceptors (Lipinski definition) is 4. The Labute approximate surface area is 72.0 Å². The lowest BCUT2D eigenvalue weighted by atomic mass is 10.3. The molecular formula is C6H5BrN4. The number of rotatable bonds is 0. The Kier molecular flexibility index (Phi) is 1.45. The summed E-state index contributed by atoms with van der Waals surface area (Å²) in [7, 11) is 0. The van der Waals surface area contributed by atoms with Crippen LogP contribution in [-0.2, 0) is 0 Å². The number of nitrogens with zero attached hydrogens (tertiary/aromatic N) is 4. The van der Waals surface area contributed by atoms with Crippen LogP contribution in [-0.4, -0.2) is 28.7 Å². The van der Waals surface area contributed by atoms with Crippen molar-refractivity contribution < 1.29 is 0 Å². The Balaban J connectivity index is 2.44. The second-order valence-corrected chi connectivity index (χ2v) is 3.06. The molecular weight excluding hydrogens is 208 g/mol. The molecule has 1 unspecified atom stereocenters. The topological polar surface area (TPSA) is 49.4 Å². The van der Waals surface area contributed by atoms with E-state index in [2.05, 4.69) is 35.9 Å². The van der Waals surface area contributed by atoms with E-state index in [1.165, 1.54) is 6.34 Å². The molecule has 2 aliphatic rings. The van der Waals surface area contributed by atoms with Crippen molar-refractivity contribution in [2.24, 2.45) is 20.0 Å². The summed E-state index contributed by atoms with van der Waals surface area (Å²) in [6.45, 7) is 1.85. The van der Waals surface area contributed by atoms with Crippen molar-refractivity contribution in [1.82, 2.24) is 0 Å². The number of halogens is 1. The number of amidine groups is 2. The molecule has 0 saturated heterocycles. The van der Waals surface area contributed by atoms with E-state index >= 15 is 0 Å². The molecule has 1 atom stereocenters. The van der Waals surface area contributed by atoms with Gasteiger partial charge in [0.05, 0.1) is 0 Å². The molecule has 0 spiro atoms. The average Bonchev–Trinajstić information content (AvgIpc) is 2.31. The van der Waals surface area contributed by atoms with Gasteiger partial charge in [0.25, 0.3) is 0 Å². The van der Waals surface area contributed by atoms with Gasteiger partial charge in [-0.3, -0.25) is 4.99 Å². The molecule has 0 aliphatic carbocycles. The van der Waals surface area contributed by atoms with Gasteiger partial charge in [-0.2, -0.15) is 0 Å². The summed E-state index contributed by atoms with van der Waals surface area (Å²) >= 11 is 3.29. The zero-order valence-electron chi connectivity index (χ0n) is 5.82. The van der Waals surface area contributed by atoms with Crippen LogP contribution in [0.3, 0.4) is 0 Å². The first-order valence-corrected chi connectivity index (χ1v) is 3.95. The van der Waals surface area contributed by atoms with Crippen molar-refractivity contribution in [3.63, 3.8) is 0 Å². The maximum atomic E-state index is 4.21. The molecule has 0 bridgehead atoms. The van der Waals surface area contributed by atoms with Crippen LogP contribution in [0.2, 0.25) is 0 Å². The molecule has 0 fully saturated rings. The largest absolute Gasteiger partial charge is 0.252 e. The Morgan fingerprint density at radius 2 is 2.36 bits per heavy atom. The van der Waals surface area contributed by atoms with E-state index in [1.54, 1.807) is 0 Å². The molecule has 5 heteroatoms. The van der Waals surface area contributed by atoms with Gasteiger partial charge in [0, 0.05) is 0 Å². The highest BCUT2D eigenvalue weighted by atomic mass is 79.9. The van der Waals surface area contributed by atoms with E-state index in [-0.39, 0.29) is 6.04 Å². The van der Waals surface area contributed by atoms with Crippen LogP contribution in [0, 0.1) is 0 Å². The van der Waals surface area contributed by atoms with Crippen molar-refractivity contribution in [3.05, 3.63) is 0 Å². The number of hydrogen-bond donors (Lipinski definition) is 0. The van der Waals surface area contributed by atoms with Crippen molar-refractivity contribution in [3.8, 4) is 0 Å². The molecule has 0 aromatic heterocycles. The van der Waals surface area contributed by atoms with E-state index in [1.807, 2.05) is 6.92 Å². The standard InChI is InChI=1S/C6H5BrN4/c1-3-10-4-5(7)8-2-9-6(4)11-3/h2,4H,1H3. The van der Waals surface area contributed by atoms with E-state index < -0.39 is 0 Å². The van der Waals surface area contributed by atoms with Crippen LogP contribution in [0.4, 0.5) is 0 Å². The predicted octanol–water partition coefficient (Wildman–Crippen LogP) is 1.02. The van der Waals surface area contributed by atoms with Gasteiger partial charge in [0.15, 0.2) is 11.9 Å². The van der Waals surface area contributed by atoms with E-state index in [9.17, 15) is 0 Å². The average molecular weight is 213 g/mol. The Bertz CT molecular complexity index is 313. The van der Waals surface area contributed by atoms with Crippen LogP contribution in [0.15, 0.2) is 20.0 Å². The van der Waals surface area contributed by atoms with E-state index in [0.29, 0.717) is 0 Å². The molecule has 56 valence electrons. The van der Waals surface area contributed by atoms with Gasteiger partial charge in [-0.05, 0) is 22.9 Å². The van der Waals surface area contributed by atoms with Crippen molar-refractivity contribution in [2.45, 2.75) is 13.0 Å². The third kappa shape index (κ3) is 1.05. The van der Waals surface area contributed by atoms with Gasteiger partial charge in [0.1, 0.15) is 16.8 Å². The lowest BCUT2D eigenvalue weighted by Crippen LogP contribution is -2.23. The molecule has 0 radical (unpaired) electrons. The Morgan fingerprint density at radius 3 is 3.09 bits per heavy atom. The van der Waals surface area contributed by atoms with Crippen molar-refractivity contribution in [1.29, 1.82) is 0 Å². The van der Waals surface area contributed by atoms with Gasteiger partial charge in [0.2, 0.25) is 0 Å². The quantitative estimate of drug-likeness (QED) is 0.576. The minimum absolute atomic E-state index is 0.0833. The van der Waals surface area contributed by atoms with Crippen LogP contribution < -0.4 is 0 Å². The van der Waals surface area contributed by atoms with Gasteiger partial charge in [-0.25, -0.2) is 15.0 Å². The lowest BCUT2D eigenvalue weighted by Gasteiger charge is -2.06. The molecule has 0 aromatic carbocycles. The SMILES string of the molecule is CC1=NC2C(Br)=NC=NC2=N1. The molecule has 2 aliphatic heterocycles. The highest BCUT2D eigenvalue weighted by Gasteiger charge is 2.25. The minimum Gasteiger partial charge on any atom is -0.252 e. The second-order valence-electron chi connectivity index (χ2n) is 2.25. The highest BCUT2D eigenvalue weighted by molar-refractivity contribution is 9.18. The van der Waals surface area contributed by atoms with Crippen molar-refractivity contribution >= 4 is 38.6 Å². The predicted molar refractivity (Wildman–Crippen MR) is 49.2 cm³/mol. The molecule has 0 amide bonds.